The van der Waals surface area contributed by atoms with Crippen molar-refractivity contribution >= 4 is 17.5 Å². The molecule has 0 spiro atoms. The summed E-state index contributed by atoms with van der Waals surface area (Å²) in [7, 11) is 0. The molecule has 1 heterocycles. The molecule has 0 aliphatic carbocycles. The Morgan fingerprint density at radius 2 is 1.88 bits per heavy atom. The highest BCUT2D eigenvalue weighted by atomic mass is 35.5. The van der Waals surface area contributed by atoms with Gasteiger partial charge in [0.05, 0.1) is 23.4 Å². The summed E-state index contributed by atoms with van der Waals surface area (Å²) in [5, 5.41) is 19.7. The molecule has 5 nitrogen and oxygen atoms in total. The fourth-order valence-corrected chi connectivity index (χ4v) is 2.63. The van der Waals surface area contributed by atoms with Gasteiger partial charge in [-0.2, -0.15) is 5.10 Å². The summed E-state index contributed by atoms with van der Waals surface area (Å²) in [5.74, 6) is -0.344. The lowest BCUT2D eigenvalue weighted by atomic mass is 10.1. The van der Waals surface area contributed by atoms with Crippen molar-refractivity contribution in [3.05, 3.63) is 76.9 Å². The van der Waals surface area contributed by atoms with Crippen LogP contribution in [-0.2, 0) is 0 Å². The van der Waals surface area contributed by atoms with E-state index >= 15 is 0 Å². The fraction of sp³-hybridized carbons (Fsp3) is 0.111. The van der Waals surface area contributed by atoms with E-state index < -0.39 is 6.04 Å². The van der Waals surface area contributed by atoms with Crippen molar-refractivity contribution in [2.24, 2.45) is 0 Å². The molecule has 0 aliphatic rings. The lowest BCUT2D eigenvalue weighted by Crippen LogP contribution is -2.31. The predicted octanol–water partition coefficient (Wildman–Crippen LogP) is 3.19. The molecule has 0 aliphatic heterocycles. The lowest BCUT2D eigenvalue weighted by molar-refractivity contribution is 0.0911. The maximum Gasteiger partial charge on any atom is 0.269 e. The summed E-state index contributed by atoms with van der Waals surface area (Å²) >= 11 is 6.15. The number of aliphatic hydroxyl groups is 1. The van der Waals surface area contributed by atoms with E-state index in [9.17, 15) is 9.90 Å². The maximum atomic E-state index is 12.4. The number of H-pyrrole nitrogens is 1. The number of hydrogen-bond acceptors (Lipinski definition) is 3. The first-order valence-electron chi connectivity index (χ1n) is 7.46. The smallest absolute Gasteiger partial charge is 0.269 e. The van der Waals surface area contributed by atoms with E-state index in [1.807, 2.05) is 48.5 Å². The molecule has 1 atom stereocenters. The third-order valence-corrected chi connectivity index (χ3v) is 3.99. The van der Waals surface area contributed by atoms with E-state index in [-0.39, 0.29) is 12.5 Å². The largest absolute Gasteiger partial charge is 0.394 e. The van der Waals surface area contributed by atoms with Gasteiger partial charge < -0.3 is 10.4 Å². The number of carbonyl (C=O) groups excluding carboxylic acids is 1. The van der Waals surface area contributed by atoms with Gasteiger partial charge in [0.15, 0.2) is 0 Å². The predicted molar refractivity (Wildman–Crippen MR) is 92.8 cm³/mol. The fourth-order valence-electron chi connectivity index (χ4n) is 2.40. The van der Waals surface area contributed by atoms with Crippen LogP contribution in [0.5, 0.6) is 0 Å². The zero-order valence-corrected chi connectivity index (χ0v) is 13.5. The number of nitrogens with zero attached hydrogens (tertiary/aromatic N) is 1. The summed E-state index contributed by atoms with van der Waals surface area (Å²) in [5.41, 5.74) is 2.47. The van der Waals surface area contributed by atoms with Crippen molar-refractivity contribution in [3.63, 3.8) is 0 Å². The SMILES string of the molecule is O=C(N[C@H](CO)c1ccccc1)c1cc(-c2ccccc2Cl)n[nH]1. The number of aromatic nitrogens is 2. The molecule has 2 aromatic carbocycles. The van der Waals surface area contributed by atoms with Crippen LogP contribution in [0.25, 0.3) is 11.3 Å². The summed E-state index contributed by atoms with van der Waals surface area (Å²) in [4.78, 5) is 12.4. The highest BCUT2D eigenvalue weighted by Gasteiger charge is 2.17. The maximum absolute atomic E-state index is 12.4. The minimum absolute atomic E-state index is 0.193. The molecule has 1 aromatic heterocycles. The molecular formula is C18H16ClN3O2. The zero-order valence-electron chi connectivity index (χ0n) is 12.7. The third-order valence-electron chi connectivity index (χ3n) is 3.66. The number of hydrogen-bond donors (Lipinski definition) is 3. The summed E-state index contributed by atoms with van der Waals surface area (Å²) in [6, 6.07) is 17.7. The van der Waals surface area contributed by atoms with Crippen LogP contribution in [0.2, 0.25) is 5.02 Å². The van der Waals surface area contributed by atoms with Gasteiger partial charge in [0, 0.05) is 5.56 Å². The summed E-state index contributed by atoms with van der Waals surface area (Å²) in [6.07, 6.45) is 0. The monoisotopic (exact) mass is 341 g/mol. The van der Waals surface area contributed by atoms with Crippen LogP contribution in [0, 0.1) is 0 Å². The van der Waals surface area contributed by atoms with Crippen molar-refractivity contribution in [2.45, 2.75) is 6.04 Å². The molecule has 3 aromatic rings. The Hall–Kier alpha value is -2.63. The van der Waals surface area contributed by atoms with Gasteiger partial charge in [0.2, 0.25) is 0 Å². The Labute approximate surface area is 144 Å². The van der Waals surface area contributed by atoms with Gasteiger partial charge in [-0.25, -0.2) is 0 Å². The highest BCUT2D eigenvalue weighted by Crippen LogP contribution is 2.26. The first kappa shape index (κ1) is 16.2. The second-order valence-corrected chi connectivity index (χ2v) is 5.67. The minimum Gasteiger partial charge on any atom is -0.394 e. The van der Waals surface area contributed by atoms with E-state index in [4.69, 9.17) is 11.6 Å². The van der Waals surface area contributed by atoms with Crippen LogP contribution >= 0.6 is 11.6 Å². The topological polar surface area (TPSA) is 78.0 Å². The number of nitrogens with one attached hydrogen (secondary N) is 2. The Morgan fingerprint density at radius 1 is 1.17 bits per heavy atom. The standard InChI is InChI=1S/C18H16ClN3O2/c19-14-9-5-4-8-13(14)15-10-16(22-21-15)18(24)20-17(11-23)12-6-2-1-3-7-12/h1-10,17,23H,11H2,(H,20,24)(H,21,22)/t17-/m1/s1. The number of halogens is 1. The summed E-state index contributed by atoms with van der Waals surface area (Å²) < 4.78 is 0. The van der Waals surface area contributed by atoms with E-state index in [0.29, 0.717) is 16.4 Å². The van der Waals surface area contributed by atoms with Crippen LogP contribution in [0.1, 0.15) is 22.1 Å². The molecule has 3 rings (SSSR count). The van der Waals surface area contributed by atoms with Crippen LogP contribution in [0.3, 0.4) is 0 Å². The van der Waals surface area contributed by atoms with Gasteiger partial charge in [0.1, 0.15) is 5.69 Å². The second kappa shape index (κ2) is 7.29. The van der Waals surface area contributed by atoms with Gasteiger partial charge in [-0.1, -0.05) is 60.1 Å². The molecule has 3 N–H and O–H groups in total. The number of amides is 1. The average molecular weight is 342 g/mol. The van der Waals surface area contributed by atoms with Gasteiger partial charge in [-0.05, 0) is 17.7 Å². The third kappa shape index (κ3) is 3.48. The van der Waals surface area contributed by atoms with Crippen LogP contribution < -0.4 is 5.32 Å². The second-order valence-electron chi connectivity index (χ2n) is 5.27. The van der Waals surface area contributed by atoms with E-state index in [0.717, 1.165) is 11.1 Å². The highest BCUT2D eigenvalue weighted by molar-refractivity contribution is 6.33. The first-order chi connectivity index (χ1) is 11.7. The molecule has 0 radical (unpaired) electrons. The van der Waals surface area contributed by atoms with E-state index in [2.05, 4.69) is 15.5 Å². The molecule has 122 valence electrons. The van der Waals surface area contributed by atoms with Crippen molar-refractivity contribution in [3.8, 4) is 11.3 Å². The molecule has 0 bridgehead atoms. The number of carbonyl (C=O) groups is 1. The Morgan fingerprint density at radius 3 is 2.58 bits per heavy atom. The van der Waals surface area contributed by atoms with Crippen LogP contribution in [0.15, 0.2) is 60.7 Å². The van der Waals surface area contributed by atoms with Crippen molar-refractivity contribution in [2.75, 3.05) is 6.61 Å². The molecule has 6 heteroatoms. The van der Waals surface area contributed by atoms with Gasteiger partial charge >= 0.3 is 0 Å². The number of aromatic amines is 1. The first-order valence-corrected chi connectivity index (χ1v) is 7.84. The van der Waals surface area contributed by atoms with E-state index in [1.165, 1.54) is 0 Å². The Bertz CT molecular complexity index is 833. The Balaban J connectivity index is 1.78. The van der Waals surface area contributed by atoms with Crippen molar-refractivity contribution in [1.82, 2.24) is 15.5 Å². The molecule has 0 saturated heterocycles. The van der Waals surface area contributed by atoms with Gasteiger partial charge in [0.25, 0.3) is 5.91 Å². The lowest BCUT2D eigenvalue weighted by Gasteiger charge is -2.15. The molecule has 0 fully saturated rings. The number of rotatable bonds is 5. The van der Waals surface area contributed by atoms with E-state index in [1.54, 1.807) is 12.1 Å². The van der Waals surface area contributed by atoms with Gasteiger partial charge in [-0.15, -0.1) is 0 Å². The molecule has 1 amide bonds. The number of aliphatic hydroxyl groups excluding tert-OH is 1. The van der Waals surface area contributed by atoms with Crippen LogP contribution in [-0.4, -0.2) is 27.8 Å². The zero-order chi connectivity index (χ0) is 16.9. The van der Waals surface area contributed by atoms with Crippen LogP contribution in [0.4, 0.5) is 0 Å². The van der Waals surface area contributed by atoms with Crippen molar-refractivity contribution in [1.29, 1.82) is 0 Å². The molecule has 0 saturated carbocycles. The Kier molecular flexibility index (Phi) is 4.93. The summed E-state index contributed by atoms with van der Waals surface area (Å²) in [6.45, 7) is -0.193. The molecular weight excluding hydrogens is 326 g/mol. The van der Waals surface area contributed by atoms with Gasteiger partial charge in [-0.3, -0.25) is 9.89 Å². The molecule has 24 heavy (non-hydrogen) atoms. The minimum atomic E-state index is -0.481. The quantitative estimate of drug-likeness (QED) is 0.667. The number of benzene rings is 2. The molecule has 0 unspecified atom stereocenters. The average Bonchev–Trinajstić information content (AvgIpc) is 3.10. The van der Waals surface area contributed by atoms with Crippen molar-refractivity contribution < 1.29 is 9.90 Å². The normalized spacial score (nSPS) is 11.9.